The molecular weight excluding hydrogens is 393 g/mol. The van der Waals surface area contributed by atoms with E-state index in [4.69, 9.17) is 0 Å². The summed E-state index contributed by atoms with van der Waals surface area (Å²) in [5.74, 6) is -0.544. The molecule has 1 atom stereocenters. The van der Waals surface area contributed by atoms with Gasteiger partial charge in [0.05, 0.1) is 10.5 Å². The van der Waals surface area contributed by atoms with Gasteiger partial charge in [0, 0.05) is 24.7 Å². The summed E-state index contributed by atoms with van der Waals surface area (Å²) in [5, 5.41) is 2.63. The lowest BCUT2D eigenvalue weighted by atomic mass is 10.1. The van der Waals surface area contributed by atoms with Gasteiger partial charge in [-0.05, 0) is 49.2 Å². The van der Waals surface area contributed by atoms with Gasteiger partial charge in [0.15, 0.2) is 0 Å². The minimum Gasteiger partial charge on any atom is -0.350 e. The lowest BCUT2D eigenvalue weighted by Gasteiger charge is -2.24. The van der Waals surface area contributed by atoms with E-state index >= 15 is 0 Å². The molecule has 1 amide bonds. The Kier molecular flexibility index (Phi) is 5.76. The van der Waals surface area contributed by atoms with E-state index in [1.54, 1.807) is 18.2 Å². The van der Waals surface area contributed by atoms with E-state index in [1.165, 1.54) is 16.4 Å². The molecule has 2 aromatic rings. The molecule has 1 aliphatic heterocycles. The summed E-state index contributed by atoms with van der Waals surface area (Å²) >= 11 is 0. The van der Waals surface area contributed by atoms with Crippen LogP contribution >= 0.6 is 0 Å². The van der Waals surface area contributed by atoms with Gasteiger partial charge in [-0.25, -0.2) is 8.42 Å². The molecule has 5 nitrogen and oxygen atoms in total. The normalized spacial score (nSPS) is 18.2. The Morgan fingerprint density at radius 1 is 1.07 bits per heavy atom. The van der Waals surface area contributed by atoms with Crippen LogP contribution < -0.4 is 5.32 Å². The number of halogens is 3. The number of carbonyl (C=O) groups excluding carboxylic acids is 1. The first-order valence-corrected chi connectivity index (χ1v) is 10.2. The molecule has 0 bridgehead atoms. The van der Waals surface area contributed by atoms with Gasteiger partial charge in [-0.3, -0.25) is 4.79 Å². The van der Waals surface area contributed by atoms with Gasteiger partial charge in [0.1, 0.15) is 0 Å². The zero-order chi connectivity index (χ0) is 20.4. The first-order valence-electron chi connectivity index (χ1n) is 8.72. The number of amides is 1. The zero-order valence-electron chi connectivity index (χ0n) is 14.8. The monoisotopic (exact) mass is 412 g/mol. The molecule has 0 aromatic heterocycles. The van der Waals surface area contributed by atoms with E-state index in [1.807, 2.05) is 0 Å². The van der Waals surface area contributed by atoms with Crippen LogP contribution in [0.4, 0.5) is 13.2 Å². The van der Waals surface area contributed by atoms with Gasteiger partial charge in [-0.1, -0.05) is 18.2 Å². The van der Waals surface area contributed by atoms with Crippen molar-refractivity contribution in [3.8, 4) is 0 Å². The van der Waals surface area contributed by atoms with Crippen LogP contribution in [0.15, 0.2) is 59.5 Å². The number of alkyl halides is 3. The van der Waals surface area contributed by atoms with Crippen molar-refractivity contribution in [3.63, 3.8) is 0 Å². The number of hydrogen-bond donors (Lipinski definition) is 1. The minimum absolute atomic E-state index is 0.0865. The van der Waals surface area contributed by atoms with Crippen molar-refractivity contribution in [1.29, 1.82) is 0 Å². The van der Waals surface area contributed by atoms with Crippen LogP contribution in [0.3, 0.4) is 0 Å². The van der Waals surface area contributed by atoms with Gasteiger partial charge in [0.25, 0.3) is 5.91 Å². The highest BCUT2D eigenvalue weighted by Crippen LogP contribution is 2.29. The number of hydrogen-bond acceptors (Lipinski definition) is 3. The highest BCUT2D eigenvalue weighted by molar-refractivity contribution is 7.89. The Morgan fingerprint density at radius 2 is 1.71 bits per heavy atom. The molecule has 1 fully saturated rings. The van der Waals surface area contributed by atoms with Crippen LogP contribution in [0.2, 0.25) is 0 Å². The molecule has 1 saturated heterocycles. The molecule has 0 radical (unpaired) electrons. The van der Waals surface area contributed by atoms with Gasteiger partial charge >= 0.3 is 6.18 Å². The fourth-order valence-electron chi connectivity index (χ4n) is 3.18. The molecule has 0 saturated carbocycles. The van der Waals surface area contributed by atoms with E-state index in [2.05, 4.69) is 5.32 Å². The van der Waals surface area contributed by atoms with Crippen LogP contribution in [0.1, 0.15) is 28.8 Å². The Morgan fingerprint density at radius 3 is 2.32 bits per heavy atom. The second-order valence-corrected chi connectivity index (χ2v) is 8.40. The number of carbonyl (C=O) groups is 1. The molecule has 0 spiro atoms. The molecular formula is C19H19F3N2O3S. The van der Waals surface area contributed by atoms with E-state index in [-0.39, 0.29) is 17.0 Å². The van der Waals surface area contributed by atoms with Crippen molar-refractivity contribution in [1.82, 2.24) is 9.62 Å². The number of rotatable bonds is 5. The third-order valence-corrected chi connectivity index (χ3v) is 6.61. The van der Waals surface area contributed by atoms with Crippen molar-refractivity contribution >= 4 is 15.9 Å². The maximum atomic E-state index is 12.8. The van der Waals surface area contributed by atoms with Crippen LogP contribution in [0, 0.1) is 0 Å². The molecule has 9 heteroatoms. The Hall–Kier alpha value is -2.39. The summed E-state index contributed by atoms with van der Waals surface area (Å²) in [6, 6.07) is 11.5. The second kappa shape index (κ2) is 7.92. The second-order valence-electron chi connectivity index (χ2n) is 6.51. The maximum Gasteiger partial charge on any atom is 0.416 e. The van der Waals surface area contributed by atoms with Crippen LogP contribution in [-0.4, -0.2) is 37.8 Å². The summed E-state index contributed by atoms with van der Waals surface area (Å²) in [4.78, 5) is 12.4. The molecule has 0 unspecified atom stereocenters. The Labute approximate surface area is 161 Å². The minimum atomic E-state index is -4.47. The summed E-state index contributed by atoms with van der Waals surface area (Å²) < 4.78 is 64.8. The highest BCUT2D eigenvalue weighted by atomic mass is 32.2. The summed E-state index contributed by atoms with van der Waals surface area (Å²) in [6.45, 7) is 0.448. The third-order valence-electron chi connectivity index (χ3n) is 4.65. The van der Waals surface area contributed by atoms with E-state index in [0.29, 0.717) is 19.4 Å². The van der Waals surface area contributed by atoms with Crippen LogP contribution in [-0.2, 0) is 16.2 Å². The molecule has 1 aliphatic rings. The van der Waals surface area contributed by atoms with Gasteiger partial charge in [-0.15, -0.1) is 0 Å². The number of nitrogens with zero attached hydrogens (tertiary/aromatic N) is 1. The zero-order valence-corrected chi connectivity index (χ0v) is 15.6. The predicted molar refractivity (Wildman–Crippen MR) is 97.1 cm³/mol. The molecule has 3 rings (SSSR count). The van der Waals surface area contributed by atoms with Crippen molar-refractivity contribution in [2.75, 3.05) is 13.1 Å². The number of nitrogens with one attached hydrogen (secondary N) is 1. The highest BCUT2D eigenvalue weighted by Gasteiger charge is 2.35. The lowest BCUT2D eigenvalue weighted by molar-refractivity contribution is -0.137. The smallest absolute Gasteiger partial charge is 0.350 e. The van der Waals surface area contributed by atoms with Crippen molar-refractivity contribution in [2.45, 2.75) is 30.0 Å². The summed E-state index contributed by atoms with van der Waals surface area (Å²) in [6.07, 6.45) is -3.20. The molecule has 0 aliphatic carbocycles. The van der Waals surface area contributed by atoms with E-state index in [0.717, 1.165) is 24.3 Å². The van der Waals surface area contributed by atoms with Crippen molar-refractivity contribution in [3.05, 3.63) is 65.7 Å². The molecule has 28 heavy (non-hydrogen) atoms. The fraction of sp³-hybridized carbons (Fsp3) is 0.316. The van der Waals surface area contributed by atoms with Crippen LogP contribution in [0.25, 0.3) is 0 Å². The molecule has 1 N–H and O–H groups in total. The van der Waals surface area contributed by atoms with Gasteiger partial charge < -0.3 is 5.32 Å². The first kappa shape index (κ1) is 20.3. The topological polar surface area (TPSA) is 66.5 Å². The fourth-order valence-corrected chi connectivity index (χ4v) is 4.89. The average molecular weight is 412 g/mol. The largest absolute Gasteiger partial charge is 0.416 e. The van der Waals surface area contributed by atoms with Gasteiger partial charge in [-0.2, -0.15) is 17.5 Å². The predicted octanol–water partition coefficient (Wildman–Crippen LogP) is 3.29. The summed E-state index contributed by atoms with van der Waals surface area (Å²) in [5.41, 5.74) is -0.747. The first-order chi connectivity index (χ1) is 13.2. The molecule has 1 heterocycles. The number of sulfonamides is 1. The van der Waals surface area contributed by atoms with Crippen LogP contribution in [0.5, 0.6) is 0 Å². The van der Waals surface area contributed by atoms with E-state index < -0.39 is 33.7 Å². The van der Waals surface area contributed by atoms with E-state index in [9.17, 15) is 26.4 Å². The standard InChI is InChI=1S/C19H19F3N2O3S/c20-19(21,22)15-10-8-14(9-11-15)18(25)23-13-16-5-4-12-24(16)28(26,27)17-6-2-1-3-7-17/h1-3,6-11,16H,4-5,12-13H2,(H,23,25)/t16-/m0/s1. The maximum absolute atomic E-state index is 12.8. The SMILES string of the molecule is O=C(NC[C@@H]1CCCN1S(=O)(=O)c1ccccc1)c1ccc(C(F)(F)F)cc1. The molecule has 150 valence electrons. The van der Waals surface area contributed by atoms with Crippen molar-refractivity contribution in [2.24, 2.45) is 0 Å². The quantitative estimate of drug-likeness (QED) is 0.820. The third kappa shape index (κ3) is 4.36. The van der Waals surface area contributed by atoms with Crippen molar-refractivity contribution < 1.29 is 26.4 Å². The average Bonchev–Trinajstić information content (AvgIpc) is 3.16. The Bertz CT molecular complexity index is 929. The number of benzene rings is 2. The molecule has 2 aromatic carbocycles. The Balaban J connectivity index is 1.66. The van der Waals surface area contributed by atoms with Gasteiger partial charge in [0.2, 0.25) is 10.0 Å². The summed E-state index contributed by atoms with van der Waals surface area (Å²) in [7, 11) is -3.67. The lowest BCUT2D eigenvalue weighted by Crippen LogP contribution is -2.43.